The summed E-state index contributed by atoms with van der Waals surface area (Å²) in [6.07, 6.45) is 3.24. The fourth-order valence-corrected chi connectivity index (χ4v) is 5.20. The van der Waals surface area contributed by atoms with Crippen molar-refractivity contribution in [1.82, 2.24) is 0 Å². The second kappa shape index (κ2) is 10.1. The van der Waals surface area contributed by atoms with E-state index in [1.807, 2.05) is 0 Å². The maximum Gasteiger partial charge on any atom is 0.338 e. The fraction of sp³-hybridized carbons (Fsp3) is 0.125. The van der Waals surface area contributed by atoms with E-state index in [0.717, 1.165) is 4.90 Å². The zero-order valence-electron chi connectivity index (χ0n) is 22.5. The molecule has 0 radical (unpaired) electrons. The number of rotatable bonds is 5. The minimum absolute atomic E-state index is 0.0575. The monoisotopic (exact) mass is 562 g/mol. The summed E-state index contributed by atoms with van der Waals surface area (Å²) >= 11 is 0. The molecule has 2 amide bonds. The molecule has 2 heterocycles. The number of anilines is 2. The number of ether oxygens (including phenoxy) is 2. The Morgan fingerprint density at radius 1 is 0.714 bits per heavy atom. The number of ketones is 2. The minimum Gasteiger partial charge on any atom is -0.462 e. The van der Waals surface area contributed by atoms with Crippen LogP contribution in [0.1, 0.15) is 81.6 Å². The molecule has 208 valence electrons. The average molecular weight is 563 g/mol. The van der Waals surface area contributed by atoms with Crippen LogP contribution in [-0.4, -0.2) is 48.5 Å². The lowest BCUT2D eigenvalue weighted by Crippen LogP contribution is -2.30. The number of carbonyl (C=O) groups excluding carboxylic acids is 6. The summed E-state index contributed by atoms with van der Waals surface area (Å²) in [6.45, 7) is 3.65. The molecule has 42 heavy (non-hydrogen) atoms. The van der Waals surface area contributed by atoms with Gasteiger partial charge in [-0.2, -0.15) is 0 Å². The molecule has 3 aromatic carbocycles. The lowest BCUT2D eigenvalue weighted by Gasteiger charge is -2.24. The van der Waals surface area contributed by atoms with Gasteiger partial charge in [0, 0.05) is 16.7 Å². The van der Waals surface area contributed by atoms with E-state index < -0.39 is 35.3 Å². The van der Waals surface area contributed by atoms with Gasteiger partial charge in [0.05, 0.1) is 58.1 Å². The zero-order chi connectivity index (χ0) is 29.7. The summed E-state index contributed by atoms with van der Waals surface area (Å²) in [5.74, 6) is -3.53. The highest BCUT2D eigenvalue weighted by Crippen LogP contribution is 2.40. The van der Waals surface area contributed by atoms with Crippen LogP contribution >= 0.6 is 0 Å². The van der Waals surface area contributed by atoms with Crippen molar-refractivity contribution in [3.63, 3.8) is 0 Å². The van der Waals surface area contributed by atoms with Crippen molar-refractivity contribution < 1.29 is 38.2 Å². The summed E-state index contributed by atoms with van der Waals surface area (Å²) < 4.78 is 10.0. The molecule has 0 aromatic heterocycles. The van der Waals surface area contributed by atoms with E-state index in [9.17, 15) is 28.8 Å². The number of amides is 2. The number of benzene rings is 3. The SMILES string of the molecule is CCOC(=O)c1ccc2c(c1)C(=O)/C(=C1/C=Cc3cccc(N4C(=O)c5ccc(C(=O)OCC)cc5C4=O)c3N1)C2=O. The maximum atomic E-state index is 13.5. The molecule has 1 aliphatic carbocycles. The van der Waals surface area contributed by atoms with Crippen molar-refractivity contribution in [3.8, 4) is 0 Å². The Labute approximate surface area is 239 Å². The lowest BCUT2D eigenvalue weighted by atomic mass is 10.0. The second-order valence-corrected chi connectivity index (χ2v) is 9.55. The first-order chi connectivity index (χ1) is 20.2. The van der Waals surface area contributed by atoms with Crippen LogP contribution in [0.4, 0.5) is 11.4 Å². The van der Waals surface area contributed by atoms with Crippen molar-refractivity contribution in [2.24, 2.45) is 0 Å². The number of Topliss-reactive ketones (excluding diaryl/α,β-unsaturated/α-hetero) is 2. The number of para-hydroxylation sites is 1. The predicted molar refractivity (Wildman–Crippen MR) is 151 cm³/mol. The molecule has 0 unspecified atom stereocenters. The van der Waals surface area contributed by atoms with Gasteiger partial charge >= 0.3 is 11.9 Å². The van der Waals surface area contributed by atoms with Gasteiger partial charge in [0.15, 0.2) is 11.6 Å². The molecular weight excluding hydrogens is 540 g/mol. The first kappa shape index (κ1) is 26.6. The molecule has 0 bridgehead atoms. The van der Waals surface area contributed by atoms with Gasteiger partial charge in [-0.05, 0) is 62.4 Å². The first-order valence-corrected chi connectivity index (χ1v) is 13.2. The third-order valence-electron chi connectivity index (χ3n) is 7.15. The predicted octanol–water partition coefficient (Wildman–Crippen LogP) is 4.61. The molecule has 3 aliphatic rings. The van der Waals surface area contributed by atoms with Crippen molar-refractivity contribution in [1.29, 1.82) is 0 Å². The molecule has 2 aliphatic heterocycles. The van der Waals surface area contributed by atoms with Crippen LogP contribution in [0.3, 0.4) is 0 Å². The third kappa shape index (κ3) is 4.03. The van der Waals surface area contributed by atoms with Crippen LogP contribution < -0.4 is 10.2 Å². The summed E-state index contributed by atoms with van der Waals surface area (Å²) in [7, 11) is 0. The minimum atomic E-state index is -0.632. The van der Waals surface area contributed by atoms with Crippen LogP contribution in [-0.2, 0) is 9.47 Å². The lowest BCUT2D eigenvalue weighted by molar-refractivity contribution is 0.0516. The van der Waals surface area contributed by atoms with Crippen molar-refractivity contribution in [3.05, 3.63) is 111 Å². The van der Waals surface area contributed by atoms with E-state index in [-0.39, 0.29) is 63.6 Å². The Bertz CT molecular complexity index is 1850. The second-order valence-electron chi connectivity index (χ2n) is 9.55. The largest absolute Gasteiger partial charge is 0.462 e. The van der Waals surface area contributed by atoms with Gasteiger partial charge in [0.1, 0.15) is 0 Å². The van der Waals surface area contributed by atoms with E-state index in [1.165, 1.54) is 36.4 Å². The maximum absolute atomic E-state index is 13.5. The zero-order valence-corrected chi connectivity index (χ0v) is 22.5. The first-order valence-electron chi connectivity index (χ1n) is 13.2. The third-order valence-corrected chi connectivity index (χ3v) is 7.15. The van der Waals surface area contributed by atoms with Gasteiger partial charge in [-0.25, -0.2) is 14.5 Å². The Morgan fingerprint density at radius 2 is 1.31 bits per heavy atom. The smallest absolute Gasteiger partial charge is 0.338 e. The van der Waals surface area contributed by atoms with Gasteiger partial charge in [-0.1, -0.05) is 18.2 Å². The number of esters is 2. The summed E-state index contributed by atoms with van der Waals surface area (Å²) in [4.78, 5) is 79.1. The standard InChI is InChI=1S/C32H22N2O8/c1-3-41-31(39)17-8-11-19-21(14-17)28(36)25(27(19)35)23-13-10-16-6-5-7-24(26(16)33-23)34-29(37)20-12-9-18(32(40)42-4-2)15-22(20)30(34)38/h5-15,33H,3-4H2,1-2H3/b25-23-. The summed E-state index contributed by atoms with van der Waals surface area (Å²) in [5.41, 5.74) is 1.93. The number of nitrogens with zero attached hydrogens (tertiary/aromatic N) is 1. The van der Waals surface area contributed by atoms with Crippen molar-refractivity contribution >= 4 is 52.8 Å². The molecular formula is C32H22N2O8. The molecule has 0 fully saturated rings. The number of hydrogen-bond donors (Lipinski definition) is 1. The molecule has 10 heteroatoms. The molecule has 0 spiro atoms. The van der Waals surface area contributed by atoms with Gasteiger partial charge in [-0.15, -0.1) is 0 Å². The van der Waals surface area contributed by atoms with Crippen molar-refractivity contribution in [2.45, 2.75) is 13.8 Å². The van der Waals surface area contributed by atoms with Gasteiger partial charge < -0.3 is 14.8 Å². The average Bonchev–Trinajstić information content (AvgIpc) is 3.40. The Balaban J connectivity index is 1.37. The Morgan fingerprint density at radius 3 is 1.98 bits per heavy atom. The van der Waals surface area contributed by atoms with E-state index in [2.05, 4.69) is 5.32 Å². The Hall–Kier alpha value is -5.64. The molecule has 6 rings (SSSR count). The number of imide groups is 1. The number of allylic oxidation sites excluding steroid dienone is 2. The molecule has 1 N–H and O–H groups in total. The number of fused-ring (bicyclic) bond motifs is 3. The van der Waals surface area contributed by atoms with E-state index in [4.69, 9.17) is 9.47 Å². The fourth-order valence-electron chi connectivity index (χ4n) is 5.20. The van der Waals surface area contributed by atoms with Crippen LogP contribution in [0.25, 0.3) is 6.08 Å². The molecule has 10 nitrogen and oxygen atoms in total. The Kier molecular flexibility index (Phi) is 6.38. The number of hydrogen-bond acceptors (Lipinski definition) is 9. The number of nitrogens with one attached hydrogen (secondary N) is 1. The van der Waals surface area contributed by atoms with Crippen LogP contribution in [0, 0.1) is 0 Å². The van der Waals surface area contributed by atoms with Gasteiger partial charge in [-0.3, -0.25) is 19.2 Å². The van der Waals surface area contributed by atoms with E-state index >= 15 is 0 Å². The van der Waals surface area contributed by atoms with E-state index in [0.29, 0.717) is 11.3 Å². The number of carbonyl (C=O) groups is 6. The van der Waals surface area contributed by atoms with Crippen molar-refractivity contribution in [2.75, 3.05) is 23.4 Å². The van der Waals surface area contributed by atoms with Crippen LogP contribution in [0.2, 0.25) is 0 Å². The van der Waals surface area contributed by atoms with Crippen LogP contribution in [0.15, 0.2) is 71.9 Å². The highest BCUT2D eigenvalue weighted by molar-refractivity contribution is 6.40. The topological polar surface area (TPSA) is 136 Å². The molecule has 3 aromatic rings. The highest BCUT2D eigenvalue weighted by Gasteiger charge is 2.40. The molecule has 0 saturated carbocycles. The van der Waals surface area contributed by atoms with Crippen LogP contribution in [0.5, 0.6) is 0 Å². The summed E-state index contributed by atoms with van der Waals surface area (Å²) in [6, 6.07) is 13.4. The van der Waals surface area contributed by atoms with E-state index in [1.54, 1.807) is 44.2 Å². The normalized spacial score (nSPS) is 16.7. The van der Waals surface area contributed by atoms with Gasteiger partial charge in [0.25, 0.3) is 11.8 Å². The molecule has 0 saturated heterocycles. The highest BCUT2D eigenvalue weighted by atomic mass is 16.5. The quantitative estimate of drug-likeness (QED) is 0.205. The van der Waals surface area contributed by atoms with Gasteiger partial charge in [0.2, 0.25) is 0 Å². The molecule has 0 atom stereocenters. The summed E-state index contributed by atoms with van der Waals surface area (Å²) in [5, 5.41) is 3.09.